The number of rotatable bonds is 8. The molecule has 0 aliphatic heterocycles. The predicted octanol–water partition coefficient (Wildman–Crippen LogP) is 4.74. The molecule has 8 heteroatoms. The summed E-state index contributed by atoms with van der Waals surface area (Å²) in [5, 5.41) is 7.64. The molecule has 146 valence electrons. The van der Waals surface area contributed by atoms with E-state index in [9.17, 15) is 4.79 Å². The second-order valence-electron chi connectivity index (χ2n) is 5.92. The van der Waals surface area contributed by atoms with Crippen LogP contribution in [0.25, 0.3) is 0 Å². The Morgan fingerprint density at radius 2 is 2.04 bits per heavy atom. The van der Waals surface area contributed by atoms with Crippen LogP contribution < -0.4 is 4.74 Å². The topological polar surface area (TPSA) is 77.1 Å². The summed E-state index contributed by atoms with van der Waals surface area (Å²) < 4.78 is 10.9. The summed E-state index contributed by atoms with van der Waals surface area (Å²) in [7, 11) is 0. The molecule has 6 nitrogen and oxygen atoms in total. The molecular formula is C20H20ClN3O3S. The molecule has 1 heterocycles. The van der Waals surface area contributed by atoms with Crippen molar-refractivity contribution < 1.29 is 14.3 Å². The number of aryl methyl sites for hydroxylation is 1. The third-order valence-corrected chi connectivity index (χ3v) is 5.36. The van der Waals surface area contributed by atoms with Crippen molar-refractivity contribution >= 4 is 29.3 Å². The zero-order valence-electron chi connectivity index (χ0n) is 15.5. The highest BCUT2D eigenvalue weighted by Gasteiger charge is 2.25. The van der Waals surface area contributed by atoms with Gasteiger partial charge >= 0.3 is 5.97 Å². The van der Waals surface area contributed by atoms with Gasteiger partial charge in [-0.05, 0) is 43.2 Å². The molecule has 0 aliphatic rings. The Hall–Kier alpha value is -2.51. The van der Waals surface area contributed by atoms with E-state index in [2.05, 4.69) is 15.2 Å². The van der Waals surface area contributed by atoms with Gasteiger partial charge in [-0.1, -0.05) is 53.7 Å². The van der Waals surface area contributed by atoms with Crippen molar-refractivity contribution in [2.24, 2.45) is 0 Å². The molecule has 0 saturated carbocycles. The van der Waals surface area contributed by atoms with Gasteiger partial charge in [0, 0.05) is 5.02 Å². The second-order valence-corrected chi connectivity index (χ2v) is 7.40. The maximum Gasteiger partial charge on any atom is 0.324 e. The lowest BCUT2D eigenvalue weighted by molar-refractivity contribution is -0.142. The standard InChI is InChI=1S/C20H20ClN3O3S/c1-3-26-19(25)18(14-7-5-4-6-8-14)28-20-22-17(23-24-20)12-27-15-9-10-16(21)13(2)11-15/h4-11,18H,3,12H2,1-2H3,(H,22,23,24)/t18-/m1/s1. The molecule has 0 amide bonds. The highest BCUT2D eigenvalue weighted by molar-refractivity contribution is 8.00. The molecule has 0 fully saturated rings. The third kappa shape index (κ3) is 5.27. The number of hydrogen-bond acceptors (Lipinski definition) is 6. The number of halogens is 1. The lowest BCUT2D eigenvalue weighted by Crippen LogP contribution is -2.13. The number of nitrogens with one attached hydrogen (secondary N) is 1. The Kier molecular flexibility index (Phi) is 6.95. The fourth-order valence-corrected chi connectivity index (χ4v) is 3.50. The molecule has 1 atom stereocenters. The lowest BCUT2D eigenvalue weighted by Gasteiger charge is -2.13. The van der Waals surface area contributed by atoms with E-state index in [-0.39, 0.29) is 12.6 Å². The SMILES string of the molecule is CCOC(=O)[C@H](Sc1n[nH]c(COc2ccc(Cl)c(C)c2)n1)c1ccccc1. The average molecular weight is 418 g/mol. The number of nitrogens with zero attached hydrogens (tertiary/aromatic N) is 2. The van der Waals surface area contributed by atoms with Crippen molar-refractivity contribution in [1.82, 2.24) is 15.2 Å². The number of benzene rings is 2. The maximum atomic E-state index is 12.4. The van der Waals surface area contributed by atoms with Crippen LogP contribution in [0, 0.1) is 6.92 Å². The molecule has 28 heavy (non-hydrogen) atoms. The Morgan fingerprint density at radius 1 is 1.25 bits per heavy atom. The van der Waals surface area contributed by atoms with Gasteiger partial charge in [0.25, 0.3) is 0 Å². The predicted molar refractivity (Wildman–Crippen MR) is 109 cm³/mol. The van der Waals surface area contributed by atoms with Gasteiger partial charge in [-0.15, -0.1) is 5.10 Å². The molecule has 0 radical (unpaired) electrons. The van der Waals surface area contributed by atoms with Gasteiger partial charge in [-0.2, -0.15) is 0 Å². The molecule has 0 unspecified atom stereocenters. The molecule has 3 aromatic rings. The smallest absolute Gasteiger partial charge is 0.324 e. The molecule has 0 spiro atoms. The Balaban J connectivity index is 1.67. The maximum absolute atomic E-state index is 12.4. The Morgan fingerprint density at radius 3 is 2.75 bits per heavy atom. The van der Waals surface area contributed by atoms with Crippen molar-refractivity contribution in [2.75, 3.05) is 6.61 Å². The Labute approximate surface area is 172 Å². The van der Waals surface area contributed by atoms with Crippen LogP contribution in [0.2, 0.25) is 5.02 Å². The lowest BCUT2D eigenvalue weighted by atomic mass is 10.1. The molecule has 3 rings (SSSR count). The summed E-state index contributed by atoms with van der Waals surface area (Å²) >= 11 is 7.26. The van der Waals surface area contributed by atoms with Crippen LogP contribution in [0.3, 0.4) is 0 Å². The number of aromatic amines is 1. The van der Waals surface area contributed by atoms with Crippen LogP contribution in [0.5, 0.6) is 5.75 Å². The molecule has 1 N–H and O–H groups in total. The first-order chi connectivity index (χ1) is 13.6. The number of carbonyl (C=O) groups is 1. The van der Waals surface area contributed by atoms with Gasteiger partial charge in [0.05, 0.1) is 6.61 Å². The van der Waals surface area contributed by atoms with Crippen LogP contribution in [0.15, 0.2) is 53.7 Å². The highest BCUT2D eigenvalue weighted by atomic mass is 35.5. The van der Waals surface area contributed by atoms with E-state index in [1.807, 2.05) is 43.3 Å². The van der Waals surface area contributed by atoms with E-state index < -0.39 is 5.25 Å². The van der Waals surface area contributed by atoms with Crippen LogP contribution in [-0.4, -0.2) is 27.8 Å². The van der Waals surface area contributed by atoms with Crippen molar-refractivity contribution in [1.29, 1.82) is 0 Å². The third-order valence-electron chi connectivity index (χ3n) is 3.84. The van der Waals surface area contributed by atoms with Gasteiger partial charge in [0.15, 0.2) is 5.82 Å². The average Bonchev–Trinajstić information content (AvgIpc) is 3.15. The van der Waals surface area contributed by atoms with Crippen LogP contribution in [0.4, 0.5) is 0 Å². The molecule has 0 aliphatic carbocycles. The minimum absolute atomic E-state index is 0.226. The fraction of sp³-hybridized carbons (Fsp3) is 0.250. The monoisotopic (exact) mass is 417 g/mol. The van der Waals surface area contributed by atoms with Gasteiger partial charge in [-0.3, -0.25) is 9.89 Å². The van der Waals surface area contributed by atoms with Gasteiger partial charge in [0.1, 0.15) is 17.6 Å². The molecular weight excluding hydrogens is 398 g/mol. The van der Waals surface area contributed by atoms with E-state index >= 15 is 0 Å². The fourth-order valence-electron chi connectivity index (χ4n) is 2.46. The number of thioether (sulfide) groups is 1. The minimum Gasteiger partial charge on any atom is -0.486 e. The Bertz CT molecular complexity index is 933. The molecule has 1 aromatic heterocycles. The summed E-state index contributed by atoms with van der Waals surface area (Å²) in [6, 6.07) is 14.9. The van der Waals surface area contributed by atoms with E-state index in [0.717, 1.165) is 11.1 Å². The van der Waals surface area contributed by atoms with Crippen LogP contribution in [0.1, 0.15) is 29.1 Å². The summed E-state index contributed by atoms with van der Waals surface area (Å²) in [6.07, 6.45) is 0. The number of H-pyrrole nitrogens is 1. The summed E-state index contributed by atoms with van der Waals surface area (Å²) in [5.74, 6) is 0.935. The first-order valence-corrected chi connectivity index (χ1v) is 10.0. The number of esters is 1. The first-order valence-electron chi connectivity index (χ1n) is 8.75. The zero-order valence-corrected chi connectivity index (χ0v) is 17.1. The molecule has 0 bridgehead atoms. The van der Waals surface area contributed by atoms with E-state index in [0.29, 0.717) is 28.4 Å². The van der Waals surface area contributed by atoms with Crippen molar-refractivity contribution in [3.63, 3.8) is 0 Å². The summed E-state index contributed by atoms with van der Waals surface area (Å²) in [5.41, 5.74) is 1.78. The molecule has 2 aromatic carbocycles. The number of aromatic nitrogens is 3. The quantitative estimate of drug-likeness (QED) is 0.421. The van der Waals surface area contributed by atoms with Gasteiger partial charge < -0.3 is 9.47 Å². The van der Waals surface area contributed by atoms with E-state index in [1.54, 1.807) is 19.1 Å². The van der Waals surface area contributed by atoms with Crippen molar-refractivity contribution in [2.45, 2.75) is 30.9 Å². The summed E-state index contributed by atoms with van der Waals surface area (Å²) in [4.78, 5) is 16.8. The van der Waals surface area contributed by atoms with E-state index in [1.165, 1.54) is 11.8 Å². The number of carbonyl (C=O) groups excluding carboxylic acids is 1. The first kappa shape index (κ1) is 20.2. The van der Waals surface area contributed by atoms with Gasteiger partial charge in [-0.25, -0.2) is 4.98 Å². The normalized spacial score (nSPS) is 11.8. The van der Waals surface area contributed by atoms with E-state index in [4.69, 9.17) is 21.1 Å². The zero-order chi connectivity index (χ0) is 19.9. The number of ether oxygens (including phenoxy) is 2. The van der Waals surface area contributed by atoms with Crippen LogP contribution in [-0.2, 0) is 16.1 Å². The minimum atomic E-state index is -0.537. The number of hydrogen-bond donors (Lipinski definition) is 1. The molecule has 0 saturated heterocycles. The van der Waals surface area contributed by atoms with Crippen molar-refractivity contribution in [3.8, 4) is 5.75 Å². The summed E-state index contributed by atoms with van der Waals surface area (Å²) in [6.45, 7) is 4.24. The van der Waals surface area contributed by atoms with Crippen LogP contribution >= 0.6 is 23.4 Å². The largest absolute Gasteiger partial charge is 0.486 e. The van der Waals surface area contributed by atoms with Gasteiger partial charge in [0.2, 0.25) is 5.16 Å². The second kappa shape index (κ2) is 9.61. The van der Waals surface area contributed by atoms with Crippen molar-refractivity contribution in [3.05, 3.63) is 70.5 Å². The highest BCUT2D eigenvalue weighted by Crippen LogP contribution is 2.34.